The Hall–Kier alpha value is -1.28. The Kier molecular flexibility index (Phi) is 5.10. The lowest BCUT2D eigenvalue weighted by Crippen LogP contribution is -2.42. The van der Waals surface area contributed by atoms with Gasteiger partial charge in [-0.05, 0) is 18.2 Å². The van der Waals surface area contributed by atoms with E-state index in [0.717, 1.165) is 36.9 Å². The molecular formula is C13H18FN3O2S2. The van der Waals surface area contributed by atoms with Crippen LogP contribution < -0.4 is 5.73 Å². The maximum atomic E-state index is 13.7. The predicted octanol–water partition coefficient (Wildman–Crippen LogP) is 1.09. The van der Waals surface area contributed by atoms with E-state index in [0.29, 0.717) is 5.96 Å². The maximum Gasteiger partial charge on any atom is 0.191 e. The van der Waals surface area contributed by atoms with Gasteiger partial charge < -0.3 is 10.6 Å². The van der Waals surface area contributed by atoms with Gasteiger partial charge in [0.15, 0.2) is 15.8 Å². The van der Waals surface area contributed by atoms with Crippen LogP contribution in [0.25, 0.3) is 0 Å². The van der Waals surface area contributed by atoms with E-state index in [2.05, 4.69) is 4.99 Å². The fourth-order valence-electron chi connectivity index (χ4n) is 1.96. The van der Waals surface area contributed by atoms with Gasteiger partial charge in [0.25, 0.3) is 0 Å². The van der Waals surface area contributed by atoms with E-state index in [9.17, 15) is 12.8 Å². The molecule has 0 aromatic heterocycles. The molecule has 0 amide bonds. The van der Waals surface area contributed by atoms with Crippen LogP contribution >= 0.6 is 11.8 Å². The van der Waals surface area contributed by atoms with Crippen LogP contribution in [0.15, 0.2) is 28.1 Å². The topological polar surface area (TPSA) is 75.8 Å². The Morgan fingerprint density at radius 2 is 2.10 bits per heavy atom. The van der Waals surface area contributed by atoms with Crippen molar-refractivity contribution in [1.82, 2.24) is 4.90 Å². The van der Waals surface area contributed by atoms with Crippen molar-refractivity contribution in [3.8, 4) is 0 Å². The molecule has 1 aromatic rings. The molecule has 0 atom stereocenters. The van der Waals surface area contributed by atoms with Crippen LogP contribution in [0, 0.1) is 5.82 Å². The minimum absolute atomic E-state index is 0.0324. The van der Waals surface area contributed by atoms with Crippen LogP contribution in [0.2, 0.25) is 0 Å². The third kappa shape index (κ3) is 4.34. The van der Waals surface area contributed by atoms with E-state index in [1.54, 1.807) is 0 Å². The van der Waals surface area contributed by atoms with Crippen molar-refractivity contribution in [3.63, 3.8) is 0 Å². The van der Waals surface area contributed by atoms with E-state index < -0.39 is 15.7 Å². The Morgan fingerprint density at radius 3 is 2.71 bits per heavy atom. The zero-order valence-electron chi connectivity index (χ0n) is 11.8. The summed E-state index contributed by atoms with van der Waals surface area (Å²) < 4.78 is 36.7. The first-order valence-corrected chi connectivity index (χ1v) is 9.53. The molecule has 0 saturated carbocycles. The highest BCUT2D eigenvalue weighted by molar-refractivity contribution is 7.99. The third-order valence-electron chi connectivity index (χ3n) is 3.19. The maximum absolute atomic E-state index is 13.7. The SMILES string of the molecule is CS(=O)(=O)c1ccc(F)c(CN=C(N)N2CCSCC2)c1. The summed E-state index contributed by atoms with van der Waals surface area (Å²) in [6.45, 7) is 1.68. The van der Waals surface area contributed by atoms with Gasteiger partial charge in [-0.25, -0.2) is 17.8 Å². The zero-order valence-corrected chi connectivity index (χ0v) is 13.4. The second kappa shape index (κ2) is 6.65. The smallest absolute Gasteiger partial charge is 0.191 e. The largest absolute Gasteiger partial charge is 0.370 e. The average Bonchev–Trinajstić information content (AvgIpc) is 2.45. The quantitative estimate of drug-likeness (QED) is 0.510. The highest BCUT2D eigenvalue weighted by Gasteiger charge is 2.14. The number of thioether (sulfide) groups is 1. The minimum atomic E-state index is -3.36. The number of sulfone groups is 1. The molecule has 1 aliphatic rings. The number of benzene rings is 1. The molecule has 5 nitrogen and oxygen atoms in total. The lowest BCUT2D eigenvalue weighted by molar-refractivity contribution is 0.455. The first kappa shape index (κ1) is 16.1. The number of nitrogens with two attached hydrogens (primary N) is 1. The minimum Gasteiger partial charge on any atom is -0.370 e. The van der Waals surface area contributed by atoms with Gasteiger partial charge in [-0.1, -0.05) is 0 Å². The number of hydrogen-bond acceptors (Lipinski definition) is 4. The number of hydrogen-bond donors (Lipinski definition) is 1. The Labute approximate surface area is 128 Å². The molecule has 21 heavy (non-hydrogen) atoms. The number of halogens is 1. The van der Waals surface area contributed by atoms with Crippen molar-refractivity contribution in [2.45, 2.75) is 11.4 Å². The third-order valence-corrected chi connectivity index (χ3v) is 5.24. The molecule has 0 unspecified atom stereocenters. The highest BCUT2D eigenvalue weighted by Crippen LogP contribution is 2.16. The number of guanidine groups is 1. The van der Waals surface area contributed by atoms with Gasteiger partial charge in [-0.15, -0.1) is 0 Å². The van der Waals surface area contributed by atoms with Crippen molar-refractivity contribution in [2.24, 2.45) is 10.7 Å². The molecule has 1 aromatic carbocycles. The van der Waals surface area contributed by atoms with Crippen molar-refractivity contribution < 1.29 is 12.8 Å². The second-order valence-electron chi connectivity index (χ2n) is 4.80. The fourth-order valence-corrected chi connectivity index (χ4v) is 3.54. The van der Waals surface area contributed by atoms with Crippen LogP contribution in [0.5, 0.6) is 0 Å². The van der Waals surface area contributed by atoms with Crippen LogP contribution in [-0.2, 0) is 16.4 Å². The summed E-state index contributed by atoms with van der Waals surface area (Å²) in [4.78, 5) is 6.22. The van der Waals surface area contributed by atoms with Crippen LogP contribution in [0.3, 0.4) is 0 Å². The average molecular weight is 331 g/mol. The van der Waals surface area contributed by atoms with E-state index in [1.807, 2.05) is 16.7 Å². The van der Waals surface area contributed by atoms with Crippen LogP contribution in [-0.4, -0.2) is 50.1 Å². The summed E-state index contributed by atoms with van der Waals surface area (Å²) in [5.41, 5.74) is 6.13. The molecular weight excluding hydrogens is 313 g/mol. The van der Waals surface area contributed by atoms with E-state index in [4.69, 9.17) is 5.73 Å². The first-order chi connectivity index (χ1) is 9.88. The number of rotatable bonds is 3. The van der Waals surface area contributed by atoms with Gasteiger partial charge >= 0.3 is 0 Å². The Balaban J connectivity index is 2.15. The van der Waals surface area contributed by atoms with Gasteiger partial charge in [0, 0.05) is 36.4 Å². The number of nitrogens with zero attached hydrogens (tertiary/aromatic N) is 2. The lowest BCUT2D eigenvalue weighted by atomic mass is 10.2. The summed E-state index contributed by atoms with van der Waals surface area (Å²) in [5, 5.41) is 0. The molecule has 0 bridgehead atoms. The van der Waals surface area contributed by atoms with Gasteiger partial charge in [0.2, 0.25) is 0 Å². The predicted molar refractivity (Wildman–Crippen MR) is 83.7 cm³/mol. The van der Waals surface area contributed by atoms with E-state index in [-0.39, 0.29) is 17.0 Å². The summed E-state index contributed by atoms with van der Waals surface area (Å²) in [6, 6.07) is 3.71. The normalized spacial score (nSPS) is 17.0. The van der Waals surface area contributed by atoms with Crippen molar-refractivity contribution in [1.29, 1.82) is 0 Å². The molecule has 1 fully saturated rings. The molecule has 1 saturated heterocycles. The van der Waals surface area contributed by atoms with Crippen LogP contribution in [0.1, 0.15) is 5.56 Å². The molecule has 0 spiro atoms. The zero-order chi connectivity index (χ0) is 15.5. The van der Waals surface area contributed by atoms with Gasteiger partial charge in [-0.3, -0.25) is 0 Å². The van der Waals surface area contributed by atoms with Crippen molar-refractivity contribution in [2.75, 3.05) is 30.9 Å². The molecule has 1 aliphatic heterocycles. The number of aliphatic imine (C=N–C) groups is 1. The summed E-state index contributed by atoms with van der Waals surface area (Å²) in [6.07, 6.45) is 1.09. The van der Waals surface area contributed by atoms with E-state index >= 15 is 0 Å². The second-order valence-corrected chi connectivity index (χ2v) is 8.04. The molecule has 0 aliphatic carbocycles. The summed E-state index contributed by atoms with van der Waals surface area (Å²) in [5.74, 6) is 1.88. The molecule has 0 radical (unpaired) electrons. The highest BCUT2D eigenvalue weighted by atomic mass is 32.2. The summed E-state index contributed by atoms with van der Waals surface area (Å²) >= 11 is 1.86. The molecule has 8 heteroatoms. The standard InChI is InChI=1S/C13H18FN3O2S2/c1-21(18,19)11-2-3-12(14)10(8-11)9-16-13(15)17-4-6-20-7-5-17/h2-3,8H,4-7,9H2,1H3,(H2,15,16). The molecule has 1 heterocycles. The summed E-state index contributed by atoms with van der Waals surface area (Å²) in [7, 11) is -3.36. The monoisotopic (exact) mass is 331 g/mol. The van der Waals surface area contributed by atoms with Crippen molar-refractivity contribution >= 4 is 27.6 Å². The first-order valence-electron chi connectivity index (χ1n) is 6.49. The Bertz CT molecular complexity index is 641. The van der Waals surface area contributed by atoms with Gasteiger partial charge in [0.1, 0.15) is 5.82 Å². The van der Waals surface area contributed by atoms with E-state index in [1.165, 1.54) is 12.1 Å². The fraction of sp³-hybridized carbons (Fsp3) is 0.462. The van der Waals surface area contributed by atoms with Gasteiger partial charge in [0.05, 0.1) is 11.4 Å². The van der Waals surface area contributed by atoms with Gasteiger partial charge in [-0.2, -0.15) is 11.8 Å². The van der Waals surface area contributed by atoms with Crippen molar-refractivity contribution in [3.05, 3.63) is 29.6 Å². The molecule has 116 valence electrons. The van der Waals surface area contributed by atoms with Crippen LogP contribution in [0.4, 0.5) is 4.39 Å². The molecule has 2 rings (SSSR count). The lowest BCUT2D eigenvalue weighted by Gasteiger charge is -2.27. The Morgan fingerprint density at radius 1 is 1.43 bits per heavy atom. The molecule has 2 N–H and O–H groups in total.